The number of unbranched alkanes of at least 4 members (excludes halogenated alkanes) is 11. The van der Waals surface area contributed by atoms with Crippen molar-refractivity contribution in [1.29, 1.82) is 0 Å². The summed E-state index contributed by atoms with van der Waals surface area (Å²) >= 11 is 0. The van der Waals surface area contributed by atoms with E-state index in [1.54, 1.807) is 0 Å². The maximum Gasteiger partial charge on any atom is 0.315 e. The van der Waals surface area contributed by atoms with Gasteiger partial charge in [-0.25, -0.2) is 0 Å². The number of allylic oxidation sites excluding steroid dienone is 1. The highest BCUT2D eigenvalue weighted by Crippen LogP contribution is 2.16. The van der Waals surface area contributed by atoms with Crippen LogP contribution in [-0.4, -0.2) is 18.9 Å². The first-order chi connectivity index (χ1) is 13.9. The van der Waals surface area contributed by atoms with E-state index in [1.165, 1.54) is 88.5 Å². The van der Waals surface area contributed by atoms with Crippen molar-refractivity contribution in [2.75, 3.05) is 0 Å². The van der Waals surface area contributed by atoms with Crippen molar-refractivity contribution in [3.8, 4) is 5.75 Å². The number of hydrogen-bond acceptors (Lipinski definition) is 4. The Labute approximate surface area is 176 Å². The van der Waals surface area contributed by atoms with Crippen LogP contribution in [0.5, 0.6) is 5.75 Å². The fraction of sp³-hybridized carbons (Fsp3) is 0.609. The number of hydrogen-bond donors (Lipinski definition) is 1. The highest BCUT2D eigenvalue weighted by atomic mass is 32.2. The molecule has 1 rings (SSSR count). The second kappa shape index (κ2) is 15.2. The SMILES string of the molecule is CCCCCCCCCCCCCC=CCC(=O)Oc1ccc(S(=O)(=O)O)cc1. The van der Waals surface area contributed by atoms with Gasteiger partial charge in [0.25, 0.3) is 10.1 Å². The first kappa shape index (κ1) is 25.4. The van der Waals surface area contributed by atoms with E-state index >= 15 is 0 Å². The summed E-state index contributed by atoms with van der Waals surface area (Å²) in [5.74, 6) is -0.152. The van der Waals surface area contributed by atoms with Gasteiger partial charge in [0.15, 0.2) is 0 Å². The molecule has 6 heteroatoms. The third-order valence-electron chi connectivity index (χ3n) is 4.78. The number of rotatable bonds is 16. The summed E-state index contributed by atoms with van der Waals surface area (Å²) in [7, 11) is -4.24. The van der Waals surface area contributed by atoms with Gasteiger partial charge < -0.3 is 4.74 Å². The van der Waals surface area contributed by atoms with E-state index in [4.69, 9.17) is 9.29 Å². The zero-order valence-electron chi connectivity index (χ0n) is 17.6. The van der Waals surface area contributed by atoms with Crippen molar-refractivity contribution in [3.63, 3.8) is 0 Å². The zero-order chi connectivity index (χ0) is 21.4. The normalized spacial score (nSPS) is 11.8. The van der Waals surface area contributed by atoms with E-state index < -0.39 is 16.1 Å². The first-order valence-corrected chi connectivity index (χ1v) is 12.3. The molecule has 0 saturated heterocycles. The summed E-state index contributed by atoms with van der Waals surface area (Å²) in [6, 6.07) is 5.08. The summed E-state index contributed by atoms with van der Waals surface area (Å²) in [5.41, 5.74) is 0. The van der Waals surface area contributed by atoms with Crippen molar-refractivity contribution in [2.24, 2.45) is 0 Å². The third kappa shape index (κ3) is 13.2. The fourth-order valence-electron chi connectivity index (χ4n) is 3.08. The van der Waals surface area contributed by atoms with E-state index in [0.29, 0.717) is 0 Å². The highest BCUT2D eigenvalue weighted by Gasteiger charge is 2.09. The molecule has 0 fully saturated rings. The lowest BCUT2D eigenvalue weighted by Gasteiger charge is -2.03. The molecule has 0 heterocycles. The van der Waals surface area contributed by atoms with Crippen LogP contribution in [-0.2, 0) is 14.9 Å². The molecule has 0 saturated carbocycles. The number of benzene rings is 1. The minimum atomic E-state index is -4.24. The monoisotopic (exact) mass is 424 g/mol. The average molecular weight is 425 g/mol. The van der Waals surface area contributed by atoms with Gasteiger partial charge in [-0.15, -0.1) is 0 Å². The molecule has 0 aliphatic rings. The molecule has 1 aromatic rings. The molecule has 1 N–H and O–H groups in total. The Balaban J connectivity index is 2.02. The van der Waals surface area contributed by atoms with Crippen molar-refractivity contribution in [1.82, 2.24) is 0 Å². The van der Waals surface area contributed by atoms with E-state index in [2.05, 4.69) is 6.92 Å². The molecule has 0 bridgehead atoms. The molecule has 0 atom stereocenters. The zero-order valence-corrected chi connectivity index (χ0v) is 18.5. The van der Waals surface area contributed by atoms with E-state index in [9.17, 15) is 13.2 Å². The second-order valence-electron chi connectivity index (χ2n) is 7.42. The molecule has 5 nitrogen and oxygen atoms in total. The molecule has 0 aliphatic heterocycles. The lowest BCUT2D eigenvalue weighted by molar-refractivity contribution is -0.133. The minimum absolute atomic E-state index is 0.179. The number of esters is 1. The van der Waals surface area contributed by atoms with Gasteiger partial charge in [0.2, 0.25) is 0 Å². The van der Waals surface area contributed by atoms with Crippen LogP contribution in [0.25, 0.3) is 0 Å². The third-order valence-corrected chi connectivity index (χ3v) is 5.65. The molecular weight excluding hydrogens is 388 g/mol. The van der Waals surface area contributed by atoms with Gasteiger partial charge in [-0.3, -0.25) is 9.35 Å². The Morgan fingerprint density at radius 3 is 1.90 bits per heavy atom. The summed E-state index contributed by atoms with van der Waals surface area (Å²) in [5, 5.41) is 0. The maximum atomic E-state index is 11.8. The molecule has 0 aromatic heterocycles. The Morgan fingerprint density at radius 1 is 0.862 bits per heavy atom. The molecule has 29 heavy (non-hydrogen) atoms. The Morgan fingerprint density at radius 2 is 1.38 bits per heavy atom. The summed E-state index contributed by atoms with van der Waals surface area (Å²) in [4.78, 5) is 11.5. The average Bonchev–Trinajstić information content (AvgIpc) is 2.68. The van der Waals surface area contributed by atoms with E-state index in [-0.39, 0.29) is 17.1 Å². The molecule has 0 amide bonds. The maximum absolute atomic E-state index is 11.8. The van der Waals surface area contributed by atoms with Crippen LogP contribution in [0.2, 0.25) is 0 Å². The molecule has 0 spiro atoms. The van der Waals surface area contributed by atoms with Crippen LogP contribution in [0.15, 0.2) is 41.3 Å². The van der Waals surface area contributed by atoms with Crippen molar-refractivity contribution < 1.29 is 22.5 Å². The van der Waals surface area contributed by atoms with Crippen molar-refractivity contribution >= 4 is 16.1 Å². The standard InChI is InChI=1S/C23H36O5S/c1-2-3-4-5-6-7-8-9-10-11-12-13-14-15-16-23(24)28-21-17-19-22(20-18-21)29(25,26)27/h14-15,17-20H,2-13,16H2,1H3,(H,25,26,27). The number of carbonyl (C=O) groups is 1. The molecule has 0 aliphatic carbocycles. The van der Waals surface area contributed by atoms with Gasteiger partial charge in [-0.1, -0.05) is 83.3 Å². The lowest BCUT2D eigenvalue weighted by atomic mass is 10.1. The quantitative estimate of drug-likeness (QED) is 0.108. The predicted molar refractivity (Wildman–Crippen MR) is 117 cm³/mol. The Kier molecular flexibility index (Phi) is 13.3. The molecule has 0 unspecified atom stereocenters. The van der Waals surface area contributed by atoms with Crippen LogP contribution in [0.4, 0.5) is 0 Å². The van der Waals surface area contributed by atoms with Gasteiger partial charge >= 0.3 is 5.97 Å². The van der Waals surface area contributed by atoms with Crippen molar-refractivity contribution in [2.45, 2.75) is 95.3 Å². The lowest BCUT2D eigenvalue weighted by Crippen LogP contribution is -2.06. The smallest absolute Gasteiger partial charge is 0.315 e. The van der Waals surface area contributed by atoms with Crippen molar-refractivity contribution in [3.05, 3.63) is 36.4 Å². The molecular formula is C23H36O5S. The minimum Gasteiger partial charge on any atom is -0.426 e. The van der Waals surface area contributed by atoms with E-state index in [0.717, 1.165) is 12.8 Å². The van der Waals surface area contributed by atoms with Crippen LogP contribution in [0.3, 0.4) is 0 Å². The Bertz CT molecular complexity index is 692. The first-order valence-electron chi connectivity index (χ1n) is 10.9. The van der Waals surface area contributed by atoms with Gasteiger partial charge in [0.05, 0.1) is 11.3 Å². The van der Waals surface area contributed by atoms with Crippen LogP contribution in [0, 0.1) is 0 Å². The summed E-state index contributed by atoms with van der Waals surface area (Å²) in [6.07, 6.45) is 19.5. The summed E-state index contributed by atoms with van der Waals surface area (Å²) < 4.78 is 36.0. The van der Waals surface area contributed by atoms with Crippen LogP contribution < -0.4 is 4.74 Å². The second-order valence-corrected chi connectivity index (χ2v) is 8.84. The van der Waals surface area contributed by atoms with Crippen LogP contribution in [0.1, 0.15) is 90.4 Å². The van der Waals surface area contributed by atoms with Gasteiger partial charge in [-0.05, 0) is 37.1 Å². The number of ether oxygens (including phenoxy) is 1. The van der Waals surface area contributed by atoms with Gasteiger partial charge in [-0.2, -0.15) is 8.42 Å². The van der Waals surface area contributed by atoms with E-state index in [1.807, 2.05) is 12.2 Å². The summed E-state index contributed by atoms with van der Waals surface area (Å²) in [6.45, 7) is 2.25. The predicted octanol–water partition coefficient (Wildman–Crippen LogP) is 6.49. The Hall–Kier alpha value is -1.66. The topological polar surface area (TPSA) is 80.7 Å². The van der Waals surface area contributed by atoms with Gasteiger partial charge in [0, 0.05) is 0 Å². The molecule has 164 valence electrons. The molecule has 1 aromatic carbocycles. The highest BCUT2D eigenvalue weighted by molar-refractivity contribution is 7.85. The fourth-order valence-corrected chi connectivity index (χ4v) is 3.56. The molecule has 0 radical (unpaired) electrons. The number of carbonyl (C=O) groups excluding carboxylic acids is 1. The van der Waals surface area contributed by atoms with Gasteiger partial charge in [0.1, 0.15) is 5.75 Å². The van der Waals surface area contributed by atoms with Crippen LogP contribution >= 0.6 is 0 Å². The largest absolute Gasteiger partial charge is 0.426 e.